The van der Waals surface area contributed by atoms with E-state index in [2.05, 4.69) is 23.9 Å². The summed E-state index contributed by atoms with van der Waals surface area (Å²) in [6, 6.07) is 0. The minimum atomic E-state index is 0.719. The summed E-state index contributed by atoms with van der Waals surface area (Å²) >= 11 is 3.67. The lowest BCUT2D eigenvalue weighted by molar-refractivity contribution is 0.631. The lowest BCUT2D eigenvalue weighted by Crippen LogP contribution is -2.01. The number of thioether (sulfide) groups is 1. The molecule has 0 aliphatic heterocycles. The van der Waals surface area contributed by atoms with E-state index in [0.29, 0.717) is 0 Å². The van der Waals surface area contributed by atoms with Gasteiger partial charge in [0.25, 0.3) is 0 Å². The number of aryl methyl sites for hydroxylation is 2. The fourth-order valence-electron chi connectivity index (χ4n) is 3.03. The van der Waals surface area contributed by atoms with E-state index in [1.165, 1.54) is 47.9 Å². The number of hydrogen-bond donors (Lipinski definition) is 0. The van der Waals surface area contributed by atoms with Crippen molar-refractivity contribution >= 4 is 39.0 Å². The second-order valence-corrected chi connectivity index (χ2v) is 8.46. The van der Waals surface area contributed by atoms with Gasteiger partial charge in [-0.05, 0) is 43.6 Å². The van der Waals surface area contributed by atoms with Gasteiger partial charge < -0.3 is 0 Å². The summed E-state index contributed by atoms with van der Waals surface area (Å²) < 4.78 is 1.94. The van der Waals surface area contributed by atoms with Crippen molar-refractivity contribution in [1.29, 1.82) is 0 Å². The van der Waals surface area contributed by atoms with Crippen molar-refractivity contribution in [2.75, 3.05) is 5.75 Å². The Morgan fingerprint density at radius 1 is 1.32 bits per heavy atom. The molecule has 22 heavy (non-hydrogen) atoms. The van der Waals surface area contributed by atoms with E-state index in [1.54, 1.807) is 18.1 Å². The summed E-state index contributed by atoms with van der Waals surface area (Å²) in [5.41, 5.74) is 2.48. The van der Waals surface area contributed by atoms with Gasteiger partial charge in [0.05, 0.1) is 5.39 Å². The highest BCUT2D eigenvalue weighted by Gasteiger charge is 2.21. The van der Waals surface area contributed by atoms with Crippen LogP contribution in [0.15, 0.2) is 11.5 Å². The van der Waals surface area contributed by atoms with Crippen LogP contribution < -0.4 is 0 Å². The van der Waals surface area contributed by atoms with E-state index in [9.17, 15) is 0 Å². The van der Waals surface area contributed by atoms with Gasteiger partial charge in [-0.25, -0.2) is 9.97 Å². The third-order valence-corrected chi connectivity index (χ3v) is 6.38. The molecule has 0 N–H and O–H groups in total. The van der Waals surface area contributed by atoms with E-state index in [-0.39, 0.29) is 0 Å². The van der Waals surface area contributed by atoms with Crippen LogP contribution in [0.3, 0.4) is 0 Å². The molecule has 0 aromatic carbocycles. The number of rotatable bonds is 4. The average Bonchev–Trinajstić information content (AvgIpc) is 3.10. The van der Waals surface area contributed by atoms with Crippen molar-refractivity contribution in [3.8, 4) is 0 Å². The van der Waals surface area contributed by atoms with Crippen molar-refractivity contribution in [1.82, 2.24) is 19.6 Å². The smallest absolute Gasteiger partial charge is 0.192 e. The fourth-order valence-corrected chi connectivity index (χ4v) is 5.52. The minimum absolute atomic E-state index is 0.719. The average molecular weight is 332 g/mol. The van der Waals surface area contributed by atoms with Crippen LogP contribution in [-0.2, 0) is 12.8 Å². The molecule has 116 valence electrons. The third-order valence-electron chi connectivity index (χ3n) is 4.23. The Morgan fingerprint density at radius 3 is 3.05 bits per heavy atom. The van der Waals surface area contributed by atoms with Gasteiger partial charge in [0, 0.05) is 10.6 Å². The van der Waals surface area contributed by atoms with Crippen LogP contribution in [0, 0.1) is 5.92 Å². The maximum atomic E-state index is 4.92. The van der Waals surface area contributed by atoms with Crippen molar-refractivity contribution in [3.05, 3.63) is 16.8 Å². The largest absolute Gasteiger partial charge is 0.214 e. The van der Waals surface area contributed by atoms with Crippen LogP contribution in [0.25, 0.3) is 15.9 Å². The predicted octanol–water partition coefficient (Wildman–Crippen LogP) is 4.36. The zero-order chi connectivity index (χ0) is 15.1. The number of aromatic nitrogens is 4. The molecule has 0 atom stereocenters. The highest BCUT2D eigenvalue weighted by molar-refractivity contribution is 7.99. The van der Waals surface area contributed by atoms with E-state index < -0.39 is 0 Å². The summed E-state index contributed by atoms with van der Waals surface area (Å²) in [5.74, 6) is 1.80. The normalized spacial score (nSPS) is 15.0. The number of hydrogen-bond acceptors (Lipinski definition) is 5. The lowest BCUT2D eigenvalue weighted by atomic mass is 9.97. The van der Waals surface area contributed by atoms with E-state index in [4.69, 9.17) is 4.98 Å². The molecule has 0 amide bonds. The minimum Gasteiger partial charge on any atom is -0.214 e. The Morgan fingerprint density at radius 2 is 2.18 bits per heavy atom. The maximum absolute atomic E-state index is 4.92. The first kappa shape index (κ1) is 14.5. The molecular weight excluding hydrogens is 312 g/mol. The monoisotopic (exact) mass is 332 g/mol. The number of fused-ring (bicyclic) bond motifs is 5. The predicted molar refractivity (Wildman–Crippen MR) is 93.0 cm³/mol. The molecule has 4 rings (SSSR count). The van der Waals surface area contributed by atoms with Crippen molar-refractivity contribution in [3.63, 3.8) is 0 Å². The molecule has 3 heterocycles. The number of nitrogens with zero attached hydrogens (tertiary/aromatic N) is 4. The van der Waals surface area contributed by atoms with Gasteiger partial charge in [-0.1, -0.05) is 25.6 Å². The quantitative estimate of drug-likeness (QED) is 0.526. The summed E-state index contributed by atoms with van der Waals surface area (Å²) in [7, 11) is 0. The fraction of sp³-hybridized carbons (Fsp3) is 0.562. The van der Waals surface area contributed by atoms with Crippen LogP contribution in [0.4, 0.5) is 0 Å². The maximum Gasteiger partial charge on any atom is 0.192 e. The van der Waals surface area contributed by atoms with Gasteiger partial charge >= 0.3 is 0 Å². The molecule has 0 fully saturated rings. The second-order valence-electron chi connectivity index (χ2n) is 6.31. The van der Waals surface area contributed by atoms with Crippen LogP contribution in [0.2, 0.25) is 0 Å². The summed E-state index contributed by atoms with van der Waals surface area (Å²) in [6.07, 6.45) is 7.81. The van der Waals surface area contributed by atoms with Crippen LogP contribution in [-0.4, -0.2) is 25.3 Å². The Kier molecular flexibility index (Phi) is 3.82. The van der Waals surface area contributed by atoms with Crippen LogP contribution in [0.5, 0.6) is 0 Å². The Bertz CT molecular complexity index is 818. The molecule has 1 aliphatic carbocycles. The van der Waals surface area contributed by atoms with Gasteiger partial charge in [0.15, 0.2) is 10.8 Å². The molecule has 0 radical (unpaired) electrons. The van der Waals surface area contributed by atoms with Crippen molar-refractivity contribution in [2.24, 2.45) is 5.92 Å². The highest BCUT2D eigenvalue weighted by atomic mass is 32.2. The SMILES string of the molecule is CC(C)CCSc1nc2sc3c(c2c2ncnn12)CCCC3. The number of thiophene rings is 1. The molecule has 0 unspecified atom stereocenters. The van der Waals surface area contributed by atoms with Gasteiger partial charge in [-0.15, -0.1) is 11.3 Å². The molecule has 0 bridgehead atoms. The Labute approximate surface area is 138 Å². The standard InChI is InChI=1S/C16H20N4S2/c1-10(2)7-8-21-16-19-15-13(14-17-9-18-20(14)16)11-5-3-4-6-12(11)22-15/h9-10H,3-8H2,1-2H3. The first-order valence-electron chi connectivity index (χ1n) is 8.01. The first-order valence-corrected chi connectivity index (χ1v) is 9.81. The molecule has 4 nitrogen and oxygen atoms in total. The van der Waals surface area contributed by atoms with Crippen LogP contribution >= 0.6 is 23.1 Å². The van der Waals surface area contributed by atoms with E-state index >= 15 is 0 Å². The molecule has 3 aromatic rings. The summed E-state index contributed by atoms with van der Waals surface area (Å²) in [5, 5.41) is 6.66. The Hall–Kier alpha value is -1.14. The molecule has 0 saturated heterocycles. The zero-order valence-electron chi connectivity index (χ0n) is 13.0. The summed E-state index contributed by atoms with van der Waals surface area (Å²) in [6.45, 7) is 4.52. The molecule has 0 saturated carbocycles. The molecule has 0 spiro atoms. The molecule has 3 aromatic heterocycles. The van der Waals surface area contributed by atoms with Crippen molar-refractivity contribution < 1.29 is 0 Å². The van der Waals surface area contributed by atoms with E-state index in [0.717, 1.165) is 27.3 Å². The lowest BCUT2D eigenvalue weighted by Gasteiger charge is -2.10. The molecule has 6 heteroatoms. The molecular formula is C16H20N4S2. The van der Waals surface area contributed by atoms with Gasteiger partial charge in [-0.3, -0.25) is 0 Å². The highest BCUT2D eigenvalue weighted by Crippen LogP contribution is 2.38. The van der Waals surface area contributed by atoms with Gasteiger partial charge in [-0.2, -0.15) is 9.61 Å². The van der Waals surface area contributed by atoms with Crippen LogP contribution in [0.1, 0.15) is 43.6 Å². The third kappa shape index (κ3) is 2.42. The van der Waals surface area contributed by atoms with Gasteiger partial charge in [0.2, 0.25) is 0 Å². The summed E-state index contributed by atoms with van der Waals surface area (Å²) in [4.78, 5) is 12.1. The molecule has 1 aliphatic rings. The second kappa shape index (κ2) is 5.81. The zero-order valence-corrected chi connectivity index (χ0v) is 14.6. The topological polar surface area (TPSA) is 43.1 Å². The first-order chi connectivity index (χ1) is 10.7. The van der Waals surface area contributed by atoms with Gasteiger partial charge in [0.1, 0.15) is 11.2 Å². The van der Waals surface area contributed by atoms with Crippen molar-refractivity contribution in [2.45, 2.75) is 51.1 Å². The van der Waals surface area contributed by atoms with E-state index in [1.807, 2.05) is 15.9 Å². The Balaban J connectivity index is 1.82.